The fourth-order valence-corrected chi connectivity index (χ4v) is 1.82. The Hall–Kier alpha value is -1.65. The summed E-state index contributed by atoms with van der Waals surface area (Å²) in [5, 5.41) is 0.706. The van der Waals surface area contributed by atoms with Gasteiger partial charge in [0.15, 0.2) is 24.0 Å². The molecular formula is C14H8Cl2F2O2. The molecule has 104 valence electrons. The maximum atomic E-state index is 13.0. The SMILES string of the molecule is O=C(COc1cc(Cl)ccc1Cl)c1ccc(F)c(F)c1. The molecule has 0 aliphatic heterocycles. The fraction of sp³-hybridized carbons (Fsp3) is 0.0714. The van der Waals surface area contributed by atoms with Crippen LogP contribution in [0.3, 0.4) is 0 Å². The number of hydrogen-bond donors (Lipinski definition) is 0. The van der Waals surface area contributed by atoms with Gasteiger partial charge in [-0.2, -0.15) is 0 Å². The van der Waals surface area contributed by atoms with Crippen molar-refractivity contribution in [2.24, 2.45) is 0 Å². The molecule has 20 heavy (non-hydrogen) atoms. The second-order valence-electron chi connectivity index (χ2n) is 3.92. The molecule has 0 aliphatic rings. The molecule has 0 saturated carbocycles. The Morgan fingerprint density at radius 3 is 2.50 bits per heavy atom. The standard InChI is InChI=1S/C14H8Cl2F2O2/c15-9-2-3-10(16)14(6-9)20-7-13(19)8-1-4-11(17)12(18)5-8/h1-6H,7H2. The van der Waals surface area contributed by atoms with Crippen molar-refractivity contribution in [1.82, 2.24) is 0 Å². The van der Waals surface area contributed by atoms with Gasteiger partial charge in [0.2, 0.25) is 0 Å². The average Bonchev–Trinajstić information content (AvgIpc) is 2.42. The summed E-state index contributed by atoms with van der Waals surface area (Å²) >= 11 is 11.6. The first-order valence-electron chi connectivity index (χ1n) is 5.53. The summed E-state index contributed by atoms with van der Waals surface area (Å²) in [5.41, 5.74) is 0.0158. The van der Waals surface area contributed by atoms with Crippen LogP contribution in [0.15, 0.2) is 36.4 Å². The van der Waals surface area contributed by atoms with Crippen molar-refractivity contribution in [3.05, 3.63) is 63.6 Å². The largest absolute Gasteiger partial charge is 0.484 e. The molecule has 0 atom stereocenters. The molecule has 2 aromatic rings. The minimum absolute atomic E-state index is 0.0158. The summed E-state index contributed by atoms with van der Waals surface area (Å²) in [5.74, 6) is -2.35. The highest BCUT2D eigenvalue weighted by Crippen LogP contribution is 2.27. The monoisotopic (exact) mass is 316 g/mol. The van der Waals surface area contributed by atoms with E-state index < -0.39 is 17.4 Å². The first-order chi connectivity index (χ1) is 9.47. The molecule has 0 saturated heterocycles. The van der Waals surface area contributed by atoms with E-state index >= 15 is 0 Å². The van der Waals surface area contributed by atoms with Gasteiger partial charge in [-0.25, -0.2) is 8.78 Å². The van der Waals surface area contributed by atoms with Crippen LogP contribution in [-0.4, -0.2) is 12.4 Å². The lowest BCUT2D eigenvalue weighted by molar-refractivity contribution is 0.0921. The van der Waals surface area contributed by atoms with E-state index in [0.717, 1.165) is 12.1 Å². The zero-order valence-corrected chi connectivity index (χ0v) is 11.5. The smallest absolute Gasteiger partial charge is 0.200 e. The Balaban J connectivity index is 2.08. The van der Waals surface area contributed by atoms with Crippen LogP contribution < -0.4 is 4.74 Å². The Morgan fingerprint density at radius 2 is 1.80 bits per heavy atom. The normalized spacial score (nSPS) is 10.4. The molecule has 2 rings (SSSR count). The zero-order chi connectivity index (χ0) is 14.7. The van der Waals surface area contributed by atoms with Gasteiger partial charge in [-0.1, -0.05) is 23.2 Å². The molecule has 6 heteroatoms. The van der Waals surface area contributed by atoms with Crippen molar-refractivity contribution in [1.29, 1.82) is 0 Å². The van der Waals surface area contributed by atoms with Crippen LogP contribution in [0, 0.1) is 11.6 Å². The lowest BCUT2D eigenvalue weighted by atomic mass is 10.1. The Bertz CT molecular complexity index is 660. The summed E-state index contributed by atoms with van der Waals surface area (Å²) in [4.78, 5) is 11.8. The predicted octanol–water partition coefficient (Wildman–Crippen LogP) is 4.53. The van der Waals surface area contributed by atoms with Gasteiger partial charge in [0.25, 0.3) is 0 Å². The molecule has 2 aromatic carbocycles. The quantitative estimate of drug-likeness (QED) is 0.774. The van der Waals surface area contributed by atoms with E-state index in [1.165, 1.54) is 18.2 Å². The second-order valence-corrected chi connectivity index (χ2v) is 4.76. The van der Waals surface area contributed by atoms with Crippen LogP contribution in [-0.2, 0) is 0 Å². The first kappa shape index (κ1) is 14.8. The molecule has 0 radical (unpaired) electrons. The van der Waals surface area contributed by atoms with E-state index in [9.17, 15) is 13.6 Å². The van der Waals surface area contributed by atoms with Gasteiger partial charge in [0.05, 0.1) is 5.02 Å². The Kier molecular flexibility index (Phi) is 4.57. The van der Waals surface area contributed by atoms with E-state index in [1.54, 1.807) is 6.07 Å². The molecule has 0 spiro atoms. The number of Topliss-reactive ketones (excluding diaryl/α,β-unsaturated/α-hetero) is 1. The van der Waals surface area contributed by atoms with Crippen LogP contribution in [0.5, 0.6) is 5.75 Å². The van der Waals surface area contributed by atoms with Crippen LogP contribution in [0.2, 0.25) is 10.0 Å². The fourth-order valence-electron chi connectivity index (χ4n) is 1.48. The van der Waals surface area contributed by atoms with E-state index in [0.29, 0.717) is 10.0 Å². The molecule has 0 unspecified atom stereocenters. The van der Waals surface area contributed by atoms with Crippen LogP contribution in [0.4, 0.5) is 8.78 Å². The van der Waals surface area contributed by atoms with E-state index in [1.807, 2.05) is 0 Å². The molecule has 2 nitrogen and oxygen atoms in total. The third-order valence-corrected chi connectivity index (χ3v) is 3.04. The number of benzene rings is 2. The number of ketones is 1. The molecule has 0 heterocycles. The topological polar surface area (TPSA) is 26.3 Å². The summed E-state index contributed by atoms with van der Waals surface area (Å²) in [6.07, 6.45) is 0. The van der Waals surface area contributed by atoms with Gasteiger partial charge < -0.3 is 4.74 Å². The zero-order valence-electron chi connectivity index (χ0n) is 10.00. The van der Waals surface area contributed by atoms with E-state index in [2.05, 4.69) is 0 Å². The minimum atomic E-state index is -1.09. The van der Waals surface area contributed by atoms with Crippen molar-refractivity contribution in [3.63, 3.8) is 0 Å². The van der Waals surface area contributed by atoms with E-state index in [-0.39, 0.29) is 17.9 Å². The highest BCUT2D eigenvalue weighted by atomic mass is 35.5. The third kappa shape index (κ3) is 3.46. The Labute approximate surface area is 123 Å². The molecule has 0 aromatic heterocycles. The molecular weight excluding hydrogens is 309 g/mol. The van der Waals surface area contributed by atoms with Crippen LogP contribution in [0.25, 0.3) is 0 Å². The van der Waals surface area contributed by atoms with Crippen molar-refractivity contribution >= 4 is 29.0 Å². The third-order valence-electron chi connectivity index (χ3n) is 2.49. The van der Waals surface area contributed by atoms with Crippen LogP contribution in [0.1, 0.15) is 10.4 Å². The van der Waals surface area contributed by atoms with Crippen LogP contribution >= 0.6 is 23.2 Å². The summed E-state index contributed by atoms with van der Waals surface area (Å²) < 4.78 is 31.0. The molecule has 0 bridgehead atoms. The molecule has 0 fully saturated rings. The maximum Gasteiger partial charge on any atom is 0.200 e. The number of hydrogen-bond acceptors (Lipinski definition) is 2. The maximum absolute atomic E-state index is 13.0. The van der Waals surface area contributed by atoms with E-state index in [4.69, 9.17) is 27.9 Å². The van der Waals surface area contributed by atoms with Crippen molar-refractivity contribution in [2.45, 2.75) is 0 Å². The minimum Gasteiger partial charge on any atom is -0.484 e. The lowest BCUT2D eigenvalue weighted by Crippen LogP contribution is -2.12. The second kappa shape index (κ2) is 6.20. The first-order valence-corrected chi connectivity index (χ1v) is 6.29. The number of ether oxygens (including phenoxy) is 1. The average molecular weight is 317 g/mol. The highest BCUT2D eigenvalue weighted by molar-refractivity contribution is 6.34. The summed E-state index contributed by atoms with van der Waals surface area (Å²) in [7, 11) is 0. The van der Waals surface area contributed by atoms with Gasteiger partial charge in [0, 0.05) is 16.7 Å². The summed E-state index contributed by atoms with van der Waals surface area (Å²) in [6, 6.07) is 7.46. The highest BCUT2D eigenvalue weighted by Gasteiger charge is 2.11. The number of rotatable bonds is 4. The lowest BCUT2D eigenvalue weighted by Gasteiger charge is -2.08. The van der Waals surface area contributed by atoms with Gasteiger partial charge in [0.1, 0.15) is 5.75 Å². The molecule has 0 amide bonds. The molecule has 0 aliphatic carbocycles. The Morgan fingerprint density at radius 1 is 1.05 bits per heavy atom. The van der Waals surface area contributed by atoms with Gasteiger partial charge in [-0.3, -0.25) is 4.79 Å². The predicted molar refractivity (Wildman–Crippen MR) is 72.6 cm³/mol. The van der Waals surface area contributed by atoms with Crippen molar-refractivity contribution in [3.8, 4) is 5.75 Å². The number of carbonyl (C=O) groups excluding carboxylic acids is 1. The number of carbonyl (C=O) groups is 1. The van der Waals surface area contributed by atoms with Crippen molar-refractivity contribution in [2.75, 3.05) is 6.61 Å². The van der Waals surface area contributed by atoms with Gasteiger partial charge >= 0.3 is 0 Å². The van der Waals surface area contributed by atoms with Gasteiger partial charge in [-0.15, -0.1) is 0 Å². The number of halogens is 4. The molecule has 0 N–H and O–H groups in total. The van der Waals surface area contributed by atoms with Crippen molar-refractivity contribution < 1.29 is 18.3 Å². The van der Waals surface area contributed by atoms with Gasteiger partial charge in [-0.05, 0) is 30.3 Å². The summed E-state index contributed by atoms with van der Waals surface area (Å²) in [6.45, 7) is -0.356.